The molecule has 8 heteroatoms. The lowest BCUT2D eigenvalue weighted by Gasteiger charge is -2.38. The molecule has 1 aliphatic heterocycles. The number of alkyl halides is 1. The fraction of sp³-hybridized carbons (Fsp3) is 0.900. The van der Waals surface area contributed by atoms with Crippen LogP contribution in [-0.4, -0.2) is 62.1 Å². The fourth-order valence-electron chi connectivity index (χ4n) is 3.25. The number of rotatable bonds is 6. The highest BCUT2D eigenvalue weighted by Crippen LogP contribution is 2.42. The van der Waals surface area contributed by atoms with Crippen molar-refractivity contribution >= 4 is 32.0 Å². The van der Waals surface area contributed by atoms with Crippen LogP contribution in [0.15, 0.2) is 0 Å². The molecule has 0 saturated carbocycles. The Morgan fingerprint density at radius 1 is 1.18 bits per heavy atom. The number of carbonyl (C=O) groups is 2. The molecule has 0 spiro atoms. The van der Waals surface area contributed by atoms with Crippen LogP contribution in [0, 0.1) is 0 Å². The predicted octanol–water partition coefficient (Wildman–Crippen LogP) is 4.95. The fourth-order valence-corrected chi connectivity index (χ4v) is 4.73. The summed E-state index contributed by atoms with van der Waals surface area (Å²) in [7, 11) is -0.730. The van der Waals surface area contributed by atoms with E-state index in [4.69, 9.17) is 25.5 Å². The van der Waals surface area contributed by atoms with E-state index in [2.05, 4.69) is 33.9 Å². The van der Waals surface area contributed by atoms with Crippen molar-refractivity contribution in [3.63, 3.8) is 0 Å². The van der Waals surface area contributed by atoms with Crippen LogP contribution in [0.1, 0.15) is 60.8 Å². The molecule has 1 saturated heterocycles. The standard InChI is InChI=1S/C20H38ClNO5Si/c1-18(2,3)26-17(24)22-14-15(27-28(8,9)19(4,5)6)13-20(22,11-10-12-21)16(23)25-7/h15H,10-14H2,1-9H3/t15-,20-/m0/s1. The van der Waals surface area contributed by atoms with Crippen molar-refractivity contribution in [2.75, 3.05) is 19.5 Å². The second-order valence-corrected chi connectivity index (χ2v) is 15.2. The third-order valence-electron chi connectivity index (χ3n) is 5.64. The maximum Gasteiger partial charge on any atom is 0.411 e. The number of esters is 1. The highest BCUT2D eigenvalue weighted by Gasteiger charge is 2.56. The minimum Gasteiger partial charge on any atom is -0.467 e. The van der Waals surface area contributed by atoms with Crippen LogP contribution in [0.4, 0.5) is 4.79 Å². The zero-order chi connectivity index (χ0) is 22.0. The van der Waals surface area contributed by atoms with Gasteiger partial charge in [0.05, 0.1) is 19.8 Å². The van der Waals surface area contributed by atoms with E-state index in [0.29, 0.717) is 31.7 Å². The van der Waals surface area contributed by atoms with Gasteiger partial charge in [-0.2, -0.15) is 0 Å². The van der Waals surface area contributed by atoms with Gasteiger partial charge in [0.25, 0.3) is 0 Å². The number of methoxy groups -OCH3 is 1. The minimum absolute atomic E-state index is 0.0242. The smallest absolute Gasteiger partial charge is 0.411 e. The molecule has 28 heavy (non-hydrogen) atoms. The van der Waals surface area contributed by atoms with Gasteiger partial charge in [0.2, 0.25) is 0 Å². The lowest BCUT2D eigenvalue weighted by Crippen LogP contribution is -2.54. The van der Waals surface area contributed by atoms with Crippen molar-refractivity contribution in [1.29, 1.82) is 0 Å². The summed E-state index contributed by atoms with van der Waals surface area (Å²) in [5.74, 6) is -0.0425. The number of nitrogens with zero attached hydrogens (tertiary/aromatic N) is 1. The monoisotopic (exact) mass is 435 g/mol. The molecule has 0 aromatic rings. The zero-order valence-corrected chi connectivity index (χ0v) is 20.7. The van der Waals surface area contributed by atoms with Crippen LogP contribution in [0.5, 0.6) is 0 Å². The summed E-state index contributed by atoms with van der Waals surface area (Å²) in [5.41, 5.74) is -1.77. The second kappa shape index (κ2) is 8.92. The summed E-state index contributed by atoms with van der Waals surface area (Å²) in [5, 5.41) is 0.0242. The average Bonchev–Trinajstić information content (AvgIpc) is 2.88. The van der Waals surface area contributed by atoms with Gasteiger partial charge in [-0.25, -0.2) is 9.59 Å². The lowest BCUT2D eigenvalue weighted by atomic mass is 9.90. The SMILES string of the molecule is COC(=O)[C@]1(CCCCl)C[C@H](O[Si](C)(C)C(C)(C)C)CN1C(=O)OC(C)(C)C. The highest BCUT2D eigenvalue weighted by atomic mass is 35.5. The van der Waals surface area contributed by atoms with Gasteiger partial charge < -0.3 is 13.9 Å². The number of halogens is 1. The second-order valence-electron chi connectivity index (χ2n) is 10.1. The van der Waals surface area contributed by atoms with Gasteiger partial charge in [-0.05, 0) is 51.7 Å². The molecule has 1 amide bonds. The van der Waals surface area contributed by atoms with Crippen molar-refractivity contribution in [1.82, 2.24) is 4.90 Å². The molecule has 1 heterocycles. The molecular formula is C20H38ClNO5Si. The predicted molar refractivity (Wildman–Crippen MR) is 114 cm³/mol. The first-order valence-corrected chi connectivity index (χ1v) is 13.4. The number of likely N-dealkylation sites (tertiary alicyclic amines) is 1. The number of hydrogen-bond donors (Lipinski definition) is 0. The van der Waals surface area contributed by atoms with E-state index in [0.717, 1.165) is 0 Å². The molecule has 0 unspecified atom stereocenters. The van der Waals surface area contributed by atoms with Crippen molar-refractivity contribution in [2.24, 2.45) is 0 Å². The molecule has 0 bridgehead atoms. The minimum atomic E-state index is -2.08. The van der Waals surface area contributed by atoms with Gasteiger partial charge in [-0.3, -0.25) is 4.90 Å². The Bertz CT molecular complexity index is 570. The summed E-state index contributed by atoms with van der Waals surface area (Å²) in [6.07, 6.45) is 0.627. The van der Waals surface area contributed by atoms with Crippen LogP contribution in [0.2, 0.25) is 18.1 Å². The van der Waals surface area contributed by atoms with Crippen LogP contribution >= 0.6 is 11.6 Å². The van der Waals surface area contributed by atoms with Gasteiger partial charge in [0.15, 0.2) is 8.32 Å². The number of ether oxygens (including phenoxy) is 2. The summed E-state index contributed by atoms with van der Waals surface area (Å²) in [6, 6.07) is 0. The van der Waals surface area contributed by atoms with E-state index in [-0.39, 0.29) is 11.1 Å². The molecule has 0 radical (unpaired) electrons. The van der Waals surface area contributed by atoms with E-state index in [1.54, 1.807) is 0 Å². The summed E-state index contributed by atoms with van der Waals surface area (Å²) >= 11 is 5.92. The van der Waals surface area contributed by atoms with Crippen LogP contribution in [0.25, 0.3) is 0 Å². The molecule has 0 N–H and O–H groups in total. The lowest BCUT2D eigenvalue weighted by molar-refractivity contribution is -0.153. The maximum absolute atomic E-state index is 13.0. The molecule has 1 aliphatic rings. The Labute approximate surface area is 176 Å². The maximum atomic E-state index is 13.0. The number of hydrogen-bond acceptors (Lipinski definition) is 5. The molecule has 164 valence electrons. The normalized spacial score (nSPS) is 23.6. The van der Waals surface area contributed by atoms with E-state index in [1.165, 1.54) is 12.0 Å². The third kappa shape index (κ3) is 5.86. The Hall–Kier alpha value is -0.793. The molecule has 6 nitrogen and oxygen atoms in total. The van der Waals surface area contributed by atoms with Gasteiger partial charge in [0, 0.05) is 12.3 Å². The number of carbonyl (C=O) groups excluding carboxylic acids is 2. The largest absolute Gasteiger partial charge is 0.467 e. The van der Waals surface area contributed by atoms with Gasteiger partial charge in [0.1, 0.15) is 11.1 Å². The quantitative estimate of drug-likeness (QED) is 0.335. The average molecular weight is 436 g/mol. The Balaban J connectivity index is 3.26. The Kier molecular flexibility index (Phi) is 8.04. The first-order valence-electron chi connectivity index (χ1n) is 9.92. The first kappa shape index (κ1) is 25.2. The zero-order valence-electron chi connectivity index (χ0n) is 19.0. The molecule has 1 rings (SSSR count). The van der Waals surface area contributed by atoms with E-state index in [1.807, 2.05) is 20.8 Å². The molecule has 0 aromatic heterocycles. The summed E-state index contributed by atoms with van der Waals surface area (Å²) in [6.45, 7) is 16.6. The third-order valence-corrected chi connectivity index (χ3v) is 10.4. The molecule has 0 aliphatic carbocycles. The Morgan fingerprint density at radius 3 is 2.18 bits per heavy atom. The highest BCUT2D eigenvalue weighted by molar-refractivity contribution is 6.74. The first-order chi connectivity index (χ1) is 12.6. The van der Waals surface area contributed by atoms with Crippen LogP contribution in [0.3, 0.4) is 0 Å². The van der Waals surface area contributed by atoms with Crippen molar-refractivity contribution in [3.8, 4) is 0 Å². The number of amides is 1. The van der Waals surface area contributed by atoms with Crippen molar-refractivity contribution in [2.45, 2.75) is 96.2 Å². The van der Waals surface area contributed by atoms with Crippen LogP contribution in [-0.2, 0) is 18.7 Å². The molecular weight excluding hydrogens is 398 g/mol. The molecule has 0 aromatic carbocycles. The summed E-state index contributed by atoms with van der Waals surface area (Å²) in [4.78, 5) is 27.4. The van der Waals surface area contributed by atoms with E-state index >= 15 is 0 Å². The summed E-state index contributed by atoms with van der Waals surface area (Å²) < 4.78 is 17.3. The van der Waals surface area contributed by atoms with Gasteiger partial charge >= 0.3 is 12.1 Å². The van der Waals surface area contributed by atoms with Gasteiger partial charge in [-0.1, -0.05) is 20.8 Å². The van der Waals surface area contributed by atoms with Crippen molar-refractivity contribution < 1.29 is 23.5 Å². The van der Waals surface area contributed by atoms with E-state index < -0.39 is 31.5 Å². The Morgan fingerprint density at radius 2 is 1.75 bits per heavy atom. The van der Waals surface area contributed by atoms with E-state index in [9.17, 15) is 9.59 Å². The molecule has 1 fully saturated rings. The van der Waals surface area contributed by atoms with Gasteiger partial charge in [-0.15, -0.1) is 11.6 Å². The topological polar surface area (TPSA) is 65.1 Å². The molecule has 2 atom stereocenters. The van der Waals surface area contributed by atoms with Crippen molar-refractivity contribution in [3.05, 3.63) is 0 Å². The van der Waals surface area contributed by atoms with Crippen LogP contribution < -0.4 is 0 Å².